The molecule has 0 heterocycles. The summed E-state index contributed by atoms with van der Waals surface area (Å²) in [5.74, 6) is 0.361. The zero-order chi connectivity index (χ0) is 12.5. The zero-order valence-corrected chi connectivity index (χ0v) is 11.0. The molecule has 0 radical (unpaired) electrons. The third-order valence-corrected chi connectivity index (χ3v) is 3.20. The number of rotatable bonds is 8. The number of hydrogen-bond donors (Lipinski definition) is 1. The molecule has 96 valence electrons. The van der Waals surface area contributed by atoms with Gasteiger partial charge in [0.25, 0.3) is 0 Å². The Morgan fingerprint density at radius 3 is 2.41 bits per heavy atom. The maximum atomic E-state index is 12.9. The molecule has 1 N–H and O–H groups in total. The van der Waals surface area contributed by atoms with Gasteiger partial charge in [0.1, 0.15) is 5.82 Å². The summed E-state index contributed by atoms with van der Waals surface area (Å²) in [6, 6.07) is 6.95. The molecule has 0 aliphatic rings. The van der Waals surface area contributed by atoms with Gasteiger partial charge >= 0.3 is 0 Å². The summed E-state index contributed by atoms with van der Waals surface area (Å²) in [6.45, 7) is 3.20. The summed E-state index contributed by atoms with van der Waals surface area (Å²) < 4.78 is 12.9. The first-order valence-electron chi connectivity index (χ1n) is 6.68. The van der Waals surface area contributed by atoms with Gasteiger partial charge in [0.15, 0.2) is 0 Å². The maximum absolute atomic E-state index is 12.9. The Hall–Kier alpha value is -0.890. The van der Waals surface area contributed by atoms with Crippen molar-refractivity contribution in [2.45, 2.75) is 44.9 Å². The lowest BCUT2D eigenvalue weighted by Gasteiger charge is -2.17. The van der Waals surface area contributed by atoms with Crippen LogP contribution in [0.15, 0.2) is 24.3 Å². The number of nitrogens with one attached hydrogen (secondary N) is 1. The van der Waals surface area contributed by atoms with E-state index in [9.17, 15) is 4.39 Å². The predicted octanol–water partition coefficient (Wildman–Crippen LogP) is 4.10. The Morgan fingerprint density at radius 1 is 1.12 bits per heavy atom. The molecule has 0 saturated heterocycles. The fraction of sp³-hybridized carbons (Fsp3) is 0.600. The average Bonchev–Trinajstić information content (AvgIpc) is 2.34. The fourth-order valence-electron chi connectivity index (χ4n) is 2.19. The van der Waals surface area contributed by atoms with Gasteiger partial charge in [-0.2, -0.15) is 0 Å². The Bertz CT molecular complexity index is 294. The molecule has 17 heavy (non-hydrogen) atoms. The van der Waals surface area contributed by atoms with Crippen molar-refractivity contribution in [3.63, 3.8) is 0 Å². The van der Waals surface area contributed by atoms with E-state index >= 15 is 0 Å². The fourth-order valence-corrected chi connectivity index (χ4v) is 2.19. The molecule has 2 heteroatoms. The molecule has 0 spiro atoms. The highest BCUT2D eigenvalue weighted by molar-refractivity contribution is 5.20. The number of halogens is 1. The second-order valence-electron chi connectivity index (χ2n) is 4.66. The van der Waals surface area contributed by atoms with Gasteiger partial charge in [0.05, 0.1) is 0 Å². The van der Waals surface area contributed by atoms with Gasteiger partial charge in [-0.05, 0) is 37.1 Å². The summed E-state index contributed by atoms with van der Waals surface area (Å²) in [6.07, 6.45) is 6.34. The van der Waals surface area contributed by atoms with E-state index in [1.807, 2.05) is 19.2 Å². The molecule has 0 aromatic heterocycles. The summed E-state index contributed by atoms with van der Waals surface area (Å²) in [5, 5.41) is 3.23. The molecule has 1 rings (SSSR count). The van der Waals surface area contributed by atoms with Crippen LogP contribution in [0, 0.1) is 5.82 Å². The SMILES string of the molecule is CCCCCCC(CNC)c1ccc(F)cc1. The highest BCUT2D eigenvalue weighted by atomic mass is 19.1. The van der Waals surface area contributed by atoms with E-state index < -0.39 is 0 Å². The zero-order valence-electron chi connectivity index (χ0n) is 11.0. The first-order chi connectivity index (χ1) is 8.27. The van der Waals surface area contributed by atoms with Crippen LogP contribution in [-0.2, 0) is 0 Å². The number of hydrogen-bond acceptors (Lipinski definition) is 1. The summed E-state index contributed by atoms with van der Waals surface area (Å²) in [4.78, 5) is 0. The highest BCUT2D eigenvalue weighted by Crippen LogP contribution is 2.22. The van der Waals surface area contributed by atoms with Crippen LogP contribution in [0.25, 0.3) is 0 Å². The second kappa shape index (κ2) is 8.24. The van der Waals surface area contributed by atoms with Crippen LogP contribution < -0.4 is 5.32 Å². The van der Waals surface area contributed by atoms with Crippen LogP contribution in [-0.4, -0.2) is 13.6 Å². The van der Waals surface area contributed by atoms with E-state index in [1.54, 1.807) is 12.1 Å². The Morgan fingerprint density at radius 2 is 1.82 bits per heavy atom. The second-order valence-corrected chi connectivity index (χ2v) is 4.66. The van der Waals surface area contributed by atoms with E-state index in [0.717, 1.165) is 6.54 Å². The van der Waals surface area contributed by atoms with Crippen molar-refractivity contribution < 1.29 is 4.39 Å². The Labute approximate surface area is 104 Å². The Kier molecular flexibility index (Phi) is 6.87. The van der Waals surface area contributed by atoms with Gasteiger partial charge in [-0.1, -0.05) is 44.7 Å². The molecule has 0 bridgehead atoms. The summed E-state index contributed by atoms with van der Waals surface area (Å²) >= 11 is 0. The molecule has 1 nitrogen and oxygen atoms in total. The molecule has 1 unspecified atom stereocenters. The van der Waals surface area contributed by atoms with E-state index in [1.165, 1.54) is 37.7 Å². The lowest BCUT2D eigenvalue weighted by molar-refractivity contribution is 0.532. The molecule has 0 aliphatic carbocycles. The molecule has 1 atom stereocenters. The van der Waals surface area contributed by atoms with E-state index in [-0.39, 0.29) is 5.82 Å². The monoisotopic (exact) mass is 237 g/mol. The van der Waals surface area contributed by atoms with E-state index in [0.29, 0.717) is 5.92 Å². The van der Waals surface area contributed by atoms with Crippen molar-refractivity contribution in [3.8, 4) is 0 Å². The van der Waals surface area contributed by atoms with Gasteiger partial charge in [-0.25, -0.2) is 4.39 Å². The van der Waals surface area contributed by atoms with Crippen LogP contribution in [0.2, 0.25) is 0 Å². The lowest BCUT2D eigenvalue weighted by atomic mass is 9.93. The average molecular weight is 237 g/mol. The van der Waals surface area contributed by atoms with Crippen molar-refractivity contribution in [1.82, 2.24) is 5.32 Å². The van der Waals surface area contributed by atoms with Crippen LogP contribution in [0.5, 0.6) is 0 Å². The van der Waals surface area contributed by atoms with Crippen molar-refractivity contribution >= 4 is 0 Å². The smallest absolute Gasteiger partial charge is 0.123 e. The Balaban J connectivity index is 2.49. The van der Waals surface area contributed by atoms with Gasteiger partial charge in [0, 0.05) is 6.54 Å². The van der Waals surface area contributed by atoms with Crippen molar-refractivity contribution in [1.29, 1.82) is 0 Å². The molecule has 0 fully saturated rings. The molecule has 0 aliphatic heterocycles. The number of unbranched alkanes of at least 4 members (excludes halogenated alkanes) is 3. The highest BCUT2D eigenvalue weighted by Gasteiger charge is 2.10. The van der Waals surface area contributed by atoms with Crippen molar-refractivity contribution in [3.05, 3.63) is 35.6 Å². The maximum Gasteiger partial charge on any atom is 0.123 e. The summed E-state index contributed by atoms with van der Waals surface area (Å²) in [7, 11) is 1.97. The van der Waals surface area contributed by atoms with Gasteiger partial charge < -0.3 is 5.32 Å². The topological polar surface area (TPSA) is 12.0 Å². The first kappa shape index (κ1) is 14.2. The lowest BCUT2D eigenvalue weighted by Crippen LogP contribution is -2.17. The molecule has 0 amide bonds. The quantitative estimate of drug-likeness (QED) is 0.671. The molecule has 1 aromatic rings. The van der Waals surface area contributed by atoms with Crippen molar-refractivity contribution in [2.75, 3.05) is 13.6 Å². The standard InChI is InChI=1S/C15H24FN/c1-3-4-5-6-7-14(12-17-2)13-8-10-15(16)11-9-13/h8-11,14,17H,3-7,12H2,1-2H3. The molecular formula is C15H24FN. The van der Waals surface area contributed by atoms with Gasteiger partial charge in [-0.15, -0.1) is 0 Å². The van der Waals surface area contributed by atoms with Crippen LogP contribution in [0.1, 0.15) is 50.5 Å². The van der Waals surface area contributed by atoms with Gasteiger partial charge in [0.2, 0.25) is 0 Å². The van der Waals surface area contributed by atoms with Crippen LogP contribution >= 0.6 is 0 Å². The third kappa shape index (κ3) is 5.31. The summed E-state index contributed by atoms with van der Waals surface area (Å²) in [5.41, 5.74) is 1.25. The molecular weight excluding hydrogens is 213 g/mol. The first-order valence-corrected chi connectivity index (χ1v) is 6.68. The van der Waals surface area contributed by atoms with Crippen molar-refractivity contribution in [2.24, 2.45) is 0 Å². The van der Waals surface area contributed by atoms with E-state index in [2.05, 4.69) is 12.2 Å². The normalized spacial score (nSPS) is 12.6. The molecule has 0 saturated carbocycles. The minimum absolute atomic E-state index is 0.150. The van der Waals surface area contributed by atoms with E-state index in [4.69, 9.17) is 0 Å². The minimum Gasteiger partial charge on any atom is -0.319 e. The van der Waals surface area contributed by atoms with Crippen LogP contribution in [0.4, 0.5) is 4.39 Å². The van der Waals surface area contributed by atoms with Gasteiger partial charge in [-0.3, -0.25) is 0 Å². The number of likely N-dealkylation sites (N-methyl/N-ethyl adjacent to an activating group) is 1. The largest absolute Gasteiger partial charge is 0.319 e. The number of benzene rings is 1. The third-order valence-electron chi connectivity index (χ3n) is 3.20. The van der Waals surface area contributed by atoms with Crippen LogP contribution in [0.3, 0.4) is 0 Å². The predicted molar refractivity (Wildman–Crippen MR) is 71.8 cm³/mol. The minimum atomic E-state index is -0.150. The molecule has 1 aromatic carbocycles.